The zero-order valence-corrected chi connectivity index (χ0v) is 24.3. The lowest BCUT2D eigenvalue weighted by Gasteiger charge is -2.42. The molecule has 6 rings (SSSR count). The summed E-state index contributed by atoms with van der Waals surface area (Å²) >= 11 is 1.42. The van der Waals surface area contributed by atoms with Crippen LogP contribution in [-0.4, -0.2) is 79.8 Å². The first-order valence-corrected chi connectivity index (χ1v) is 14.7. The molecule has 0 aliphatic carbocycles. The molecule has 2 N–H and O–H groups in total. The maximum absolute atomic E-state index is 15.4. The van der Waals surface area contributed by atoms with Crippen molar-refractivity contribution in [3.05, 3.63) is 75.8 Å². The first-order valence-electron chi connectivity index (χ1n) is 13.7. The van der Waals surface area contributed by atoms with E-state index in [1.54, 1.807) is 4.90 Å². The van der Waals surface area contributed by atoms with Gasteiger partial charge in [-0.05, 0) is 35.7 Å². The van der Waals surface area contributed by atoms with E-state index < -0.39 is 36.7 Å². The van der Waals surface area contributed by atoms with Gasteiger partial charge < -0.3 is 39.2 Å². The molecule has 232 valence electrons. The molecule has 2 aromatic carbocycles. The van der Waals surface area contributed by atoms with Crippen LogP contribution in [0.4, 0.5) is 13.6 Å². The molecule has 15 heteroatoms. The quantitative estimate of drug-likeness (QED) is 0.174. The topological polar surface area (TPSA) is 133 Å². The normalized spacial score (nSPS) is 17.4. The second-order valence-electron chi connectivity index (χ2n) is 9.91. The van der Waals surface area contributed by atoms with E-state index in [2.05, 4.69) is 15.3 Å². The second-order valence-corrected chi connectivity index (χ2v) is 10.9. The number of thioether (sulfide) groups is 1. The minimum atomic E-state index is -1.05. The van der Waals surface area contributed by atoms with Crippen molar-refractivity contribution in [3.8, 4) is 17.0 Å². The third-order valence-electron chi connectivity index (χ3n) is 7.37. The van der Waals surface area contributed by atoms with Gasteiger partial charge in [-0.15, -0.1) is 11.8 Å². The highest BCUT2D eigenvalue weighted by Gasteiger charge is 2.39. The number of aromatic nitrogens is 1. The molecular formula is C29H28F2N4O8S. The number of methoxy groups -OCH3 is 1. The number of rotatable bonds is 7. The number of nitrogens with zero attached hydrogens (tertiary/aromatic N) is 3. The monoisotopic (exact) mass is 630 g/mol. The zero-order chi connectivity index (χ0) is 30.8. The van der Waals surface area contributed by atoms with Crippen molar-refractivity contribution in [3.63, 3.8) is 0 Å². The number of carbonyl (C=O) groups excluding carboxylic acids is 2. The molecule has 0 saturated carbocycles. The van der Waals surface area contributed by atoms with Crippen LogP contribution < -0.4 is 15.5 Å². The number of benzene rings is 2. The molecule has 0 spiro atoms. The number of fused-ring (bicyclic) bond motifs is 4. The lowest BCUT2D eigenvalue weighted by Crippen LogP contribution is -2.59. The fourth-order valence-electron chi connectivity index (χ4n) is 5.36. The molecule has 1 fully saturated rings. The van der Waals surface area contributed by atoms with Crippen LogP contribution in [0.25, 0.3) is 11.3 Å². The van der Waals surface area contributed by atoms with Gasteiger partial charge in [-0.25, -0.2) is 18.3 Å². The largest absolute Gasteiger partial charge is 0.510 e. The average molecular weight is 631 g/mol. The maximum atomic E-state index is 15.4. The number of morpholine rings is 1. The summed E-state index contributed by atoms with van der Waals surface area (Å²) < 4.78 is 52.9. The Morgan fingerprint density at radius 3 is 2.91 bits per heavy atom. The molecule has 4 heterocycles. The molecule has 0 unspecified atom stereocenters. The Labute approximate surface area is 254 Å². The Kier molecular flexibility index (Phi) is 8.59. The molecular weight excluding hydrogens is 602 g/mol. The summed E-state index contributed by atoms with van der Waals surface area (Å²) in [5.41, 5.74) is 5.48. The van der Waals surface area contributed by atoms with Crippen LogP contribution in [-0.2, 0) is 31.2 Å². The van der Waals surface area contributed by atoms with Crippen molar-refractivity contribution in [2.45, 2.75) is 23.2 Å². The lowest BCUT2D eigenvalue weighted by molar-refractivity contribution is -0.00499. The number of carbonyl (C=O) groups is 2. The molecule has 1 aromatic heterocycles. The van der Waals surface area contributed by atoms with Crippen LogP contribution >= 0.6 is 11.8 Å². The van der Waals surface area contributed by atoms with Gasteiger partial charge in [-0.3, -0.25) is 4.79 Å². The van der Waals surface area contributed by atoms with Crippen molar-refractivity contribution >= 4 is 23.8 Å². The number of ether oxygens (including phenoxy) is 4. The van der Waals surface area contributed by atoms with Gasteiger partial charge in [0, 0.05) is 28.3 Å². The van der Waals surface area contributed by atoms with Gasteiger partial charge in [0.1, 0.15) is 18.1 Å². The first-order chi connectivity index (χ1) is 21.4. The van der Waals surface area contributed by atoms with Crippen LogP contribution in [0.3, 0.4) is 0 Å². The van der Waals surface area contributed by atoms with Gasteiger partial charge in [0.05, 0.1) is 32.6 Å². The number of hydrogen-bond donors (Lipinski definition) is 2. The van der Waals surface area contributed by atoms with Crippen molar-refractivity contribution in [2.75, 3.05) is 52.3 Å². The number of amides is 1. The predicted molar refractivity (Wildman–Crippen MR) is 151 cm³/mol. The minimum Gasteiger partial charge on any atom is -0.452 e. The van der Waals surface area contributed by atoms with E-state index in [4.69, 9.17) is 19.0 Å². The van der Waals surface area contributed by atoms with Crippen molar-refractivity contribution in [1.82, 2.24) is 9.58 Å². The molecule has 3 aliphatic rings. The third kappa shape index (κ3) is 5.53. The number of aliphatic hydroxyl groups is 1. The lowest BCUT2D eigenvalue weighted by atomic mass is 9.92. The molecule has 3 aromatic rings. The van der Waals surface area contributed by atoms with Gasteiger partial charge in [0.25, 0.3) is 5.91 Å². The molecule has 0 radical (unpaired) electrons. The van der Waals surface area contributed by atoms with Crippen molar-refractivity contribution < 1.29 is 47.3 Å². The fourth-order valence-corrected chi connectivity index (χ4v) is 6.46. The second kappa shape index (κ2) is 12.7. The van der Waals surface area contributed by atoms with Crippen LogP contribution in [0.1, 0.15) is 27.2 Å². The first kappa shape index (κ1) is 29.7. The van der Waals surface area contributed by atoms with Gasteiger partial charge in [-0.1, -0.05) is 23.4 Å². The average Bonchev–Trinajstić information content (AvgIpc) is 3.24. The van der Waals surface area contributed by atoms with Gasteiger partial charge >= 0.3 is 6.16 Å². The summed E-state index contributed by atoms with van der Waals surface area (Å²) in [6.07, 6.45) is -1.30. The molecule has 12 nitrogen and oxygen atoms in total. The maximum Gasteiger partial charge on any atom is 0.510 e. The smallest absolute Gasteiger partial charge is 0.452 e. The summed E-state index contributed by atoms with van der Waals surface area (Å²) in [4.78, 5) is 33.4. The number of aliphatic hydroxyl groups excluding tert-OH is 1. The number of hydrogen-bond acceptors (Lipinski definition) is 11. The van der Waals surface area contributed by atoms with Crippen molar-refractivity contribution in [2.24, 2.45) is 5.16 Å². The summed E-state index contributed by atoms with van der Waals surface area (Å²) in [6, 6.07) is 10.2. The molecule has 1 atom stereocenters. The Morgan fingerprint density at radius 1 is 1.25 bits per heavy atom. The Bertz CT molecular complexity index is 1680. The van der Waals surface area contributed by atoms with E-state index in [-0.39, 0.29) is 60.2 Å². The third-order valence-corrected chi connectivity index (χ3v) is 8.51. The van der Waals surface area contributed by atoms with Gasteiger partial charge in [0.2, 0.25) is 6.79 Å². The predicted octanol–water partition coefficient (Wildman–Crippen LogP) is 2.93. The van der Waals surface area contributed by atoms with Crippen LogP contribution in [0.15, 0.2) is 46.4 Å². The Morgan fingerprint density at radius 2 is 2.09 bits per heavy atom. The van der Waals surface area contributed by atoms with E-state index in [1.807, 2.05) is 24.3 Å². The molecule has 3 aliphatic heterocycles. The summed E-state index contributed by atoms with van der Waals surface area (Å²) in [5, 5.41) is 13.4. The Balaban J connectivity index is 1.60. The molecule has 1 saturated heterocycles. The van der Waals surface area contributed by atoms with E-state index in [9.17, 15) is 14.7 Å². The Hall–Kier alpha value is -4.34. The standard InChI is InChI=1S/C29H28F2N4O8S/c1-39-29(38)42-15-41-27-21(33-43-9-7-36)12-22(35-26(27)28(37)34-6-8-40-13-24(34)32-35)18-11-20(30)25(31)19-14-44-23-5-3-2-4-16(23)10-17(18)19/h2-5,11-12,24,32,36H,6-10,13-15H2,1H3/b33-21+/t24-/m0/s1. The van der Waals surface area contributed by atoms with Gasteiger partial charge in [-0.2, -0.15) is 0 Å². The van der Waals surface area contributed by atoms with E-state index in [1.165, 1.54) is 22.5 Å². The molecule has 1 amide bonds. The molecule has 0 bridgehead atoms. The van der Waals surface area contributed by atoms with Crippen LogP contribution in [0.5, 0.6) is 5.75 Å². The van der Waals surface area contributed by atoms with E-state index in [0.29, 0.717) is 24.2 Å². The summed E-state index contributed by atoms with van der Waals surface area (Å²) in [5.74, 6) is -2.39. The van der Waals surface area contributed by atoms with Crippen LogP contribution in [0.2, 0.25) is 0 Å². The minimum absolute atomic E-state index is 0.0168. The summed E-state index contributed by atoms with van der Waals surface area (Å²) in [7, 11) is 1.13. The number of pyridine rings is 1. The zero-order valence-electron chi connectivity index (χ0n) is 23.5. The van der Waals surface area contributed by atoms with Crippen molar-refractivity contribution in [1.29, 1.82) is 0 Å². The van der Waals surface area contributed by atoms with Gasteiger partial charge in [0.15, 0.2) is 23.1 Å². The molecule has 44 heavy (non-hydrogen) atoms. The SMILES string of the molecule is COC(=O)OCOc1c2n(c(-c3cc(F)c(F)c4c3Cc3ccccc3SC4)c/c1=N\OCCO)N[C@@H]1COCCN1C2=O. The number of nitrogens with one attached hydrogen (secondary N) is 1. The van der Waals surface area contributed by atoms with E-state index in [0.717, 1.165) is 23.6 Å². The summed E-state index contributed by atoms with van der Waals surface area (Å²) in [6.45, 7) is -0.428. The fraction of sp³-hybridized carbons (Fsp3) is 0.345. The van der Waals surface area contributed by atoms with E-state index >= 15 is 8.78 Å². The highest BCUT2D eigenvalue weighted by atomic mass is 32.2. The highest BCUT2D eigenvalue weighted by molar-refractivity contribution is 7.98. The van der Waals surface area contributed by atoms with Crippen LogP contribution in [0, 0.1) is 11.6 Å². The highest BCUT2D eigenvalue weighted by Crippen LogP contribution is 2.40. The number of halogens is 2.